The SMILES string of the molecule is Fc1ccc(-c2c3cccc(F)c3c(-c3c(F)c(F)c(F)c(F)c3F)c3c(F)ccc(F)c23)c(F)c1. The van der Waals surface area contributed by atoms with Crippen molar-refractivity contribution >= 4 is 21.5 Å². The first-order valence-corrected chi connectivity index (χ1v) is 10.0. The molecular weight excluding hydrogens is 502 g/mol. The molecule has 0 fully saturated rings. The zero-order valence-corrected chi connectivity index (χ0v) is 17.4. The van der Waals surface area contributed by atoms with Gasteiger partial charge in [-0.2, -0.15) is 0 Å². The van der Waals surface area contributed by atoms with Crippen LogP contribution in [0.15, 0.2) is 48.5 Å². The summed E-state index contributed by atoms with van der Waals surface area (Å²) in [4.78, 5) is 0. The molecule has 0 aliphatic rings. The van der Waals surface area contributed by atoms with Gasteiger partial charge in [-0.1, -0.05) is 12.1 Å². The summed E-state index contributed by atoms with van der Waals surface area (Å²) in [6, 6.07) is 5.97. The van der Waals surface area contributed by atoms with Crippen molar-refractivity contribution in [3.8, 4) is 22.3 Å². The van der Waals surface area contributed by atoms with Crippen molar-refractivity contribution in [2.75, 3.05) is 0 Å². The maximum Gasteiger partial charge on any atom is 0.200 e. The number of benzene rings is 5. The van der Waals surface area contributed by atoms with E-state index in [0.29, 0.717) is 18.2 Å². The summed E-state index contributed by atoms with van der Waals surface area (Å²) in [7, 11) is 0. The minimum Gasteiger partial charge on any atom is -0.207 e. The molecule has 0 aromatic heterocycles. The highest BCUT2D eigenvalue weighted by molar-refractivity contribution is 6.22. The Bertz CT molecular complexity index is 1710. The second-order valence-electron chi connectivity index (χ2n) is 7.76. The molecule has 0 heterocycles. The molecule has 36 heavy (non-hydrogen) atoms. The van der Waals surface area contributed by atoms with Crippen LogP contribution in [0.25, 0.3) is 43.8 Å². The Morgan fingerprint density at radius 2 is 0.917 bits per heavy atom. The standard InChI is InChI=1S/C26H8F10/c27-9-4-5-10(15(31)8-9)16-11-2-1-3-12(28)17(11)20(19-14(30)7-6-13(29)18(16)19)21-22(32)24(34)26(36)25(35)23(21)33/h1-8H. The lowest BCUT2D eigenvalue weighted by Gasteiger charge is -2.20. The predicted molar refractivity (Wildman–Crippen MR) is 112 cm³/mol. The van der Waals surface area contributed by atoms with Crippen molar-refractivity contribution < 1.29 is 43.9 Å². The lowest BCUT2D eigenvalue weighted by atomic mass is 9.84. The summed E-state index contributed by atoms with van der Waals surface area (Å²) < 4.78 is 146. The van der Waals surface area contributed by atoms with Crippen molar-refractivity contribution in [1.82, 2.24) is 0 Å². The minimum absolute atomic E-state index is 0.418. The van der Waals surface area contributed by atoms with Gasteiger partial charge in [0.15, 0.2) is 23.3 Å². The van der Waals surface area contributed by atoms with Crippen molar-refractivity contribution in [1.29, 1.82) is 0 Å². The largest absolute Gasteiger partial charge is 0.207 e. The average Bonchev–Trinajstić information content (AvgIpc) is 2.84. The highest BCUT2D eigenvalue weighted by Gasteiger charge is 2.32. The van der Waals surface area contributed by atoms with E-state index in [4.69, 9.17) is 0 Å². The van der Waals surface area contributed by atoms with Crippen LogP contribution in [0.5, 0.6) is 0 Å². The van der Waals surface area contributed by atoms with E-state index in [1.54, 1.807) is 0 Å². The normalized spacial score (nSPS) is 11.6. The smallest absolute Gasteiger partial charge is 0.200 e. The monoisotopic (exact) mass is 510 g/mol. The molecule has 0 aliphatic heterocycles. The predicted octanol–water partition coefficient (Wildman–Crippen LogP) is 8.72. The number of fused-ring (bicyclic) bond motifs is 2. The summed E-state index contributed by atoms with van der Waals surface area (Å²) in [5.41, 5.74) is -3.94. The Morgan fingerprint density at radius 3 is 1.50 bits per heavy atom. The molecule has 5 rings (SSSR count). The van der Waals surface area contributed by atoms with E-state index < -0.39 is 102 Å². The van der Waals surface area contributed by atoms with Gasteiger partial charge in [-0.05, 0) is 35.7 Å². The van der Waals surface area contributed by atoms with Gasteiger partial charge < -0.3 is 0 Å². The number of hydrogen-bond acceptors (Lipinski definition) is 0. The molecule has 0 amide bonds. The fourth-order valence-corrected chi connectivity index (χ4v) is 4.33. The Hall–Kier alpha value is -4.08. The van der Waals surface area contributed by atoms with Crippen LogP contribution in [0.4, 0.5) is 43.9 Å². The molecule has 0 radical (unpaired) electrons. The van der Waals surface area contributed by atoms with Gasteiger partial charge in [-0.15, -0.1) is 0 Å². The van der Waals surface area contributed by atoms with Crippen LogP contribution in [0.3, 0.4) is 0 Å². The molecule has 0 nitrogen and oxygen atoms in total. The molecule has 0 saturated carbocycles. The van der Waals surface area contributed by atoms with Crippen LogP contribution in [0.2, 0.25) is 0 Å². The minimum atomic E-state index is -2.51. The van der Waals surface area contributed by atoms with Crippen molar-refractivity contribution in [3.05, 3.63) is 107 Å². The molecule has 0 N–H and O–H groups in total. The molecule has 10 heteroatoms. The fourth-order valence-electron chi connectivity index (χ4n) is 4.33. The van der Waals surface area contributed by atoms with Crippen molar-refractivity contribution in [3.63, 3.8) is 0 Å². The molecule has 0 spiro atoms. The van der Waals surface area contributed by atoms with E-state index in [9.17, 15) is 30.7 Å². The van der Waals surface area contributed by atoms with Crippen LogP contribution < -0.4 is 0 Å². The molecule has 182 valence electrons. The van der Waals surface area contributed by atoms with Crippen molar-refractivity contribution in [2.24, 2.45) is 0 Å². The van der Waals surface area contributed by atoms with Gasteiger partial charge >= 0.3 is 0 Å². The number of rotatable bonds is 2. The Labute approximate surface area is 195 Å². The van der Waals surface area contributed by atoms with E-state index in [-0.39, 0.29) is 0 Å². The zero-order chi connectivity index (χ0) is 26.0. The zero-order valence-electron chi connectivity index (χ0n) is 17.4. The van der Waals surface area contributed by atoms with Crippen LogP contribution in [0, 0.1) is 58.2 Å². The van der Waals surface area contributed by atoms with Gasteiger partial charge in [0.25, 0.3) is 0 Å². The molecule has 0 bridgehead atoms. The lowest BCUT2D eigenvalue weighted by molar-refractivity contribution is 0.381. The summed E-state index contributed by atoms with van der Waals surface area (Å²) in [6.45, 7) is 0. The molecular formula is C26H8F10. The molecule has 0 saturated heterocycles. The van der Waals surface area contributed by atoms with Gasteiger partial charge in [0.1, 0.15) is 29.1 Å². The maximum atomic E-state index is 15.2. The first-order chi connectivity index (χ1) is 17.0. The summed E-state index contributed by atoms with van der Waals surface area (Å²) in [5.74, 6) is -18.5. The number of halogens is 10. The lowest BCUT2D eigenvalue weighted by Crippen LogP contribution is -2.06. The molecule has 5 aromatic rings. The average molecular weight is 510 g/mol. The van der Waals surface area contributed by atoms with E-state index in [1.165, 1.54) is 0 Å². The molecule has 0 unspecified atom stereocenters. The summed E-state index contributed by atoms with van der Waals surface area (Å²) in [5, 5.41) is -3.26. The van der Waals surface area contributed by atoms with Crippen molar-refractivity contribution in [2.45, 2.75) is 0 Å². The maximum absolute atomic E-state index is 15.2. The van der Waals surface area contributed by atoms with E-state index >= 15 is 13.2 Å². The van der Waals surface area contributed by atoms with Gasteiger partial charge in [0.05, 0.1) is 5.56 Å². The van der Waals surface area contributed by atoms with E-state index in [0.717, 1.165) is 30.3 Å². The first-order valence-electron chi connectivity index (χ1n) is 10.0. The Balaban J connectivity index is 2.16. The van der Waals surface area contributed by atoms with E-state index in [1.807, 2.05) is 0 Å². The summed E-state index contributed by atoms with van der Waals surface area (Å²) in [6.07, 6.45) is 0. The third kappa shape index (κ3) is 3.24. The van der Waals surface area contributed by atoms with E-state index in [2.05, 4.69) is 0 Å². The third-order valence-corrected chi connectivity index (χ3v) is 5.80. The number of hydrogen-bond donors (Lipinski definition) is 0. The van der Waals surface area contributed by atoms with Crippen LogP contribution in [0.1, 0.15) is 0 Å². The quantitative estimate of drug-likeness (QED) is 0.0965. The molecule has 5 aromatic carbocycles. The second kappa shape index (κ2) is 8.25. The fraction of sp³-hybridized carbons (Fsp3) is 0. The Kier molecular flexibility index (Phi) is 5.42. The topological polar surface area (TPSA) is 0 Å². The van der Waals surface area contributed by atoms with Crippen LogP contribution in [-0.4, -0.2) is 0 Å². The highest BCUT2D eigenvalue weighted by atomic mass is 19.2. The first kappa shape index (κ1) is 23.7. The van der Waals surface area contributed by atoms with Gasteiger partial charge in [0, 0.05) is 38.9 Å². The van der Waals surface area contributed by atoms with Crippen LogP contribution >= 0.6 is 0 Å². The summed E-state index contributed by atoms with van der Waals surface area (Å²) >= 11 is 0. The second-order valence-corrected chi connectivity index (χ2v) is 7.76. The van der Waals surface area contributed by atoms with Gasteiger partial charge in [-0.3, -0.25) is 0 Å². The van der Waals surface area contributed by atoms with Gasteiger partial charge in [-0.25, -0.2) is 43.9 Å². The third-order valence-electron chi connectivity index (χ3n) is 5.80. The highest BCUT2D eigenvalue weighted by Crippen LogP contribution is 2.48. The van der Waals surface area contributed by atoms with Gasteiger partial charge in [0.2, 0.25) is 5.82 Å². The molecule has 0 atom stereocenters. The molecule has 0 aliphatic carbocycles. The van der Waals surface area contributed by atoms with Crippen LogP contribution in [-0.2, 0) is 0 Å². The Morgan fingerprint density at radius 1 is 0.389 bits per heavy atom.